The van der Waals surface area contributed by atoms with Crippen molar-refractivity contribution in [3.8, 4) is 0 Å². The highest BCUT2D eigenvalue weighted by Crippen LogP contribution is 2.18. The lowest BCUT2D eigenvalue weighted by Crippen LogP contribution is -2.61. The molecule has 12 heteroatoms. The van der Waals surface area contributed by atoms with Gasteiger partial charge in [-0.1, -0.05) is 265 Å². The van der Waals surface area contributed by atoms with Crippen LogP contribution < -0.4 is 21.3 Å². The van der Waals surface area contributed by atoms with Crippen LogP contribution in [0.5, 0.6) is 0 Å². The average molecular weight is 1040 g/mol. The van der Waals surface area contributed by atoms with Gasteiger partial charge in [-0.2, -0.15) is 0 Å². The molecule has 0 aromatic rings. The van der Waals surface area contributed by atoms with Gasteiger partial charge in [-0.05, 0) is 32.1 Å². The van der Waals surface area contributed by atoms with Gasteiger partial charge in [0, 0.05) is 39.4 Å². The fraction of sp³-hybridized carbons (Fsp3) is 0.918. The summed E-state index contributed by atoms with van der Waals surface area (Å²) in [4.78, 5) is 64.7. The van der Waals surface area contributed by atoms with Crippen molar-refractivity contribution in [2.75, 3.05) is 40.0 Å². The molecule has 0 aliphatic carbocycles. The van der Waals surface area contributed by atoms with E-state index >= 15 is 0 Å². The van der Waals surface area contributed by atoms with Crippen molar-refractivity contribution in [1.82, 2.24) is 21.3 Å². The second-order valence-electron chi connectivity index (χ2n) is 21.5. The van der Waals surface area contributed by atoms with Crippen LogP contribution in [0.1, 0.15) is 316 Å². The number of ether oxygens (including phenoxy) is 3. The molecular formula is C61H118N4O8. The van der Waals surface area contributed by atoms with Crippen LogP contribution in [0.15, 0.2) is 0 Å². The summed E-state index contributed by atoms with van der Waals surface area (Å²) in [6.07, 6.45) is 51.1. The van der Waals surface area contributed by atoms with Gasteiger partial charge in [0.15, 0.2) is 0 Å². The summed E-state index contributed by atoms with van der Waals surface area (Å²) in [6, 6.07) is -0.725. The van der Waals surface area contributed by atoms with Crippen LogP contribution in [-0.2, 0) is 28.6 Å². The molecule has 4 N–H and O–H groups in total. The summed E-state index contributed by atoms with van der Waals surface area (Å²) in [7, 11) is 1.59. The van der Waals surface area contributed by atoms with E-state index in [1.54, 1.807) is 7.05 Å². The van der Waals surface area contributed by atoms with E-state index in [2.05, 4.69) is 42.0 Å². The van der Waals surface area contributed by atoms with E-state index in [4.69, 9.17) is 14.2 Å². The fourth-order valence-corrected chi connectivity index (χ4v) is 9.35. The minimum absolute atomic E-state index is 0.206. The quantitative estimate of drug-likeness (QED) is 0.0266. The van der Waals surface area contributed by atoms with E-state index in [1.807, 2.05) is 0 Å². The third kappa shape index (κ3) is 50.9. The Morgan fingerprint density at radius 1 is 0.301 bits per heavy atom. The summed E-state index contributed by atoms with van der Waals surface area (Å²) in [5, 5.41) is 11.2. The zero-order chi connectivity index (χ0) is 53.4. The molecule has 0 aliphatic heterocycles. The van der Waals surface area contributed by atoms with Gasteiger partial charge in [0.25, 0.3) is 0 Å². The minimum atomic E-state index is -1.47. The fourth-order valence-electron chi connectivity index (χ4n) is 9.35. The molecule has 73 heavy (non-hydrogen) atoms. The molecule has 0 aromatic carbocycles. The second kappa shape index (κ2) is 55.2. The zero-order valence-electron chi connectivity index (χ0n) is 48.3. The molecule has 0 radical (unpaired) electrons. The molecule has 0 spiro atoms. The Morgan fingerprint density at radius 2 is 0.521 bits per heavy atom. The highest BCUT2D eigenvalue weighted by atomic mass is 16.6. The number of hydrogen-bond acceptors (Lipinski definition) is 8. The van der Waals surface area contributed by atoms with Crippen molar-refractivity contribution in [3.05, 3.63) is 0 Å². The number of carbonyl (C=O) groups excluding carboxylic acids is 5. The van der Waals surface area contributed by atoms with E-state index in [-0.39, 0.29) is 45.1 Å². The largest absolute Gasteiger partial charge is 0.463 e. The summed E-state index contributed by atoms with van der Waals surface area (Å²) >= 11 is 0. The van der Waals surface area contributed by atoms with Crippen LogP contribution in [-0.4, -0.2) is 75.5 Å². The number of urea groups is 2. The van der Waals surface area contributed by atoms with Gasteiger partial charge in [-0.15, -0.1) is 0 Å². The Hall–Kier alpha value is -3.05. The predicted molar refractivity (Wildman–Crippen MR) is 304 cm³/mol. The molecular weight excluding hydrogens is 917 g/mol. The van der Waals surface area contributed by atoms with E-state index in [1.165, 1.54) is 173 Å². The van der Waals surface area contributed by atoms with Crippen LogP contribution in [0, 0.1) is 0 Å². The van der Waals surface area contributed by atoms with E-state index in [0.29, 0.717) is 32.4 Å². The van der Waals surface area contributed by atoms with E-state index in [9.17, 15) is 24.0 Å². The Kier molecular flexibility index (Phi) is 52.9. The van der Waals surface area contributed by atoms with Gasteiger partial charge >= 0.3 is 30.0 Å². The zero-order valence-corrected chi connectivity index (χ0v) is 48.3. The van der Waals surface area contributed by atoms with Crippen molar-refractivity contribution in [2.45, 2.75) is 322 Å². The average Bonchev–Trinajstić information content (AvgIpc) is 3.39. The third-order valence-corrected chi connectivity index (χ3v) is 14.3. The van der Waals surface area contributed by atoms with Gasteiger partial charge in [-0.3, -0.25) is 14.4 Å². The maximum Gasteiger partial charge on any atom is 0.315 e. The molecule has 0 heterocycles. The maximum absolute atomic E-state index is 13.6. The molecule has 0 bridgehead atoms. The first kappa shape index (κ1) is 70.0. The topological polar surface area (TPSA) is 161 Å². The standard InChI is InChI=1S/C61H118N4O8/c1-5-8-11-14-17-20-23-26-29-32-35-38-43-48-56(66)71-53-61(65-60(70)64-52-47-42-41-46-51-63-59(69)62-4,54-72-57(67)49-44-39-36-33-30-27-24-21-18-15-12-9-6-2)55-73-58(68)50-45-40-37-34-31-28-25-22-19-16-13-10-7-3/h5-55H2,1-4H3,(H2,62,63,69)(H2,64,65,70). The molecule has 12 nitrogen and oxygen atoms in total. The second-order valence-corrected chi connectivity index (χ2v) is 21.5. The first-order chi connectivity index (χ1) is 35.7. The van der Waals surface area contributed by atoms with Crippen molar-refractivity contribution < 1.29 is 38.2 Å². The highest BCUT2D eigenvalue weighted by Gasteiger charge is 2.38. The number of carbonyl (C=O) groups is 5. The number of rotatable bonds is 56. The molecule has 4 amide bonds. The molecule has 0 saturated carbocycles. The Morgan fingerprint density at radius 3 is 0.767 bits per heavy atom. The van der Waals surface area contributed by atoms with Gasteiger partial charge in [0.05, 0.1) is 0 Å². The van der Waals surface area contributed by atoms with Gasteiger partial charge in [0.1, 0.15) is 25.4 Å². The number of unbranched alkanes of at least 4 members (excludes halogenated alkanes) is 39. The normalized spacial score (nSPS) is 11.3. The van der Waals surface area contributed by atoms with Crippen LogP contribution in [0.2, 0.25) is 0 Å². The third-order valence-electron chi connectivity index (χ3n) is 14.3. The van der Waals surface area contributed by atoms with Crippen LogP contribution in [0.3, 0.4) is 0 Å². The van der Waals surface area contributed by atoms with Crippen LogP contribution >= 0.6 is 0 Å². The Labute approximate surface area is 449 Å². The monoisotopic (exact) mass is 1030 g/mol. The smallest absolute Gasteiger partial charge is 0.315 e. The molecule has 0 saturated heterocycles. The first-order valence-corrected chi connectivity index (χ1v) is 31.2. The Balaban J connectivity index is 5.42. The van der Waals surface area contributed by atoms with Crippen LogP contribution in [0.4, 0.5) is 9.59 Å². The van der Waals surface area contributed by atoms with Crippen LogP contribution in [0.25, 0.3) is 0 Å². The summed E-state index contributed by atoms with van der Waals surface area (Å²) in [5.74, 6) is -1.17. The maximum atomic E-state index is 13.6. The summed E-state index contributed by atoms with van der Waals surface area (Å²) in [6.45, 7) is 6.84. The van der Waals surface area contributed by atoms with Crippen molar-refractivity contribution in [1.29, 1.82) is 0 Å². The number of hydrogen-bond donors (Lipinski definition) is 4. The first-order valence-electron chi connectivity index (χ1n) is 31.2. The Bertz CT molecular complexity index is 1160. The molecule has 0 aliphatic rings. The lowest BCUT2D eigenvalue weighted by atomic mass is 10.0. The SMILES string of the molecule is CCCCCCCCCCCCCCCC(=O)OCC(COC(=O)CCCCCCCCCCCCCCC)(COC(=O)CCCCCCCCCCCCCCC)NC(=O)NCCCCCCNC(=O)NC. The summed E-state index contributed by atoms with van der Waals surface area (Å²) < 4.78 is 17.6. The van der Waals surface area contributed by atoms with Crippen molar-refractivity contribution >= 4 is 30.0 Å². The van der Waals surface area contributed by atoms with E-state index < -0.39 is 29.5 Å². The molecule has 0 aromatic heterocycles. The summed E-state index contributed by atoms with van der Waals surface area (Å²) in [5.41, 5.74) is -1.47. The van der Waals surface area contributed by atoms with E-state index in [0.717, 1.165) is 83.5 Å². The van der Waals surface area contributed by atoms with Crippen molar-refractivity contribution in [3.63, 3.8) is 0 Å². The number of esters is 3. The molecule has 430 valence electrons. The van der Waals surface area contributed by atoms with Gasteiger partial charge in [-0.25, -0.2) is 9.59 Å². The molecule has 0 unspecified atom stereocenters. The molecule has 0 fully saturated rings. The number of amides is 4. The predicted octanol–water partition coefficient (Wildman–Crippen LogP) is 16.6. The molecule has 0 atom stereocenters. The minimum Gasteiger partial charge on any atom is -0.463 e. The molecule has 0 rings (SSSR count). The van der Waals surface area contributed by atoms with Gasteiger partial charge in [0.2, 0.25) is 0 Å². The highest BCUT2D eigenvalue weighted by molar-refractivity contribution is 5.76. The van der Waals surface area contributed by atoms with Crippen molar-refractivity contribution in [2.24, 2.45) is 0 Å². The van der Waals surface area contributed by atoms with Gasteiger partial charge < -0.3 is 35.5 Å². The number of nitrogens with one attached hydrogen (secondary N) is 4. The lowest BCUT2D eigenvalue weighted by Gasteiger charge is -2.33. The lowest BCUT2D eigenvalue weighted by molar-refractivity contribution is -0.156.